The monoisotopic (exact) mass is 619 g/mol. The Bertz CT molecular complexity index is 1510. The minimum atomic E-state index is -4.49. The smallest absolute Gasteiger partial charge is 0.369 e. The summed E-state index contributed by atoms with van der Waals surface area (Å²) in [6.45, 7) is 5.90. The number of likely N-dealkylation sites (tertiary alicyclic amines) is 1. The molecule has 2 atom stereocenters. The Morgan fingerprint density at radius 3 is 2.20 bits per heavy atom. The van der Waals surface area contributed by atoms with Crippen molar-refractivity contribution in [3.8, 4) is 0 Å². The maximum absolute atomic E-state index is 14.4. The summed E-state index contributed by atoms with van der Waals surface area (Å²) in [4.78, 5) is 37.1. The number of alkyl halides is 3. The van der Waals surface area contributed by atoms with Crippen molar-refractivity contribution in [2.24, 2.45) is 5.92 Å². The summed E-state index contributed by atoms with van der Waals surface area (Å²) in [6, 6.07) is 19.1. The number of likely N-dealkylation sites (N-methyl/N-ethyl adjacent to an activating group) is 1. The number of nitrogens with zero attached hydrogens (tertiary/aromatic N) is 4. The highest BCUT2D eigenvalue weighted by Crippen LogP contribution is 2.45. The first-order valence-electron chi connectivity index (χ1n) is 15.7. The number of carbonyl (C=O) groups excluding carboxylic acids is 2. The molecule has 0 unspecified atom stereocenters. The van der Waals surface area contributed by atoms with Crippen LogP contribution in [-0.2, 0) is 11.0 Å². The largest absolute Gasteiger partial charge is 0.416 e. The first-order valence-corrected chi connectivity index (χ1v) is 15.7. The van der Waals surface area contributed by atoms with Crippen LogP contribution in [0, 0.1) is 5.92 Å². The van der Waals surface area contributed by atoms with Gasteiger partial charge in [0.2, 0.25) is 5.91 Å². The van der Waals surface area contributed by atoms with Crippen LogP contribution in [0.4, 0.5) is 24.5 Å². The number of fused-ring (bicyclic) bond motifs is 1. The molecule has 2 fully saturated rings. The number of hydrogen-bond acceptors (Lipinski definition) is 5. The van der Waals surface area contributed by atoms with Crippen LogP contribution in [0.25, 0.3) is 0 Å². The number of piperidine rings is 1. The molecule has 6 rings (SSSR count). The number of amides is 2. The molecule has 0 bridgehead atoms. The summed E-state index contributed by atoms with van der Waals surface area (Å²) < 4.78 is 40.6. The number of hydrogen-bond donors (Lipinski definition) is 1. The fraction of sp³-hybridized carbons (Fsp3) is 0.429. The zero-order chi connectivity index (χ0) is 31.7. The molecule has 3 aliphatic rings. The minimum Gasteiger partial charge on any atom is -0.369 e. The molecule has 0 spiro atoms. The molecule has 3 heterocycles. The Morgan fingerprint density at radius 1 is 0.844 bits per heavy atom. The lowest BCUT2D eigenvalue weighted by Crippen LogP contribution is -2.48. The maximum Gasteiger partial charge on any atom is 0.416 e. The van der Waals surface area contributed by atoms with E-state index >= 15 is 0 Å². The van der Waals surface area contributed by atoms with E-state index in [1.54, 1.807) is 29.2 Å². The van der Waals surface area contributed by atoms with Crippen molar-refractivity contribution in [2.45, 2.75) is 31.0 Å². The molecule has 45 heavy (non-hydrogen) atoms. The van der Waals surface area contributed by atoms with Gasteiger partial charge in [0, 0.05) is 49.7 Å². The van der Waals surface area contributed by atoms with Crippen LogP contribution in [0.1, 0.15) is 51.8 Å². The van der Waals surface area contributed by atoms with E-state index in [9.17, 15) is 22.8 Å². The van der Waals surface area contributed by atoms with Crippen molar-refractivity contribution >= 4 is 23.2 Å². The van der Waals surface area contributed by atoms with Crippen molar-refractivity contribution in [2.75, 3.05) is 70.1 Å². The summed E-state index contributed by atoms with van der Waals surface area (Å²) in [5.41, 5.74) is 2.43. The van der Waals surface area contributed by atoms with Crippen LogP contribution in [0.15, 0.2) is 72.8 Å². The predicted octanol–water partition coefficient (Wildman–Crippen LogP) is 5.72. The van der Waals surface area contributed by atoms with Gasteiger partial charge in [-0.15, -0.1) is 0 Å². The average molecular weight is 620 g/mol. The number of halogens is 3. The van der Waals surface area contributed by atoms with Crippen molar-refractivity contribution in [1.82, 2.24) is 14.7 Å². The SMILES string of the molecule is CN1CCC(CN2C(=O)c3ccccc3[C@@H](C(=O)Nc3cccc(N4CCN(C)CC4)c3)[C@@H]2c2ccc(C(F)(F)F)cc2)CC1. The lowest BCUT2D eigenvalue weighted by Gasteiger charge is -2.44. The van der Waals surface area contributed by atoms with Gasteiger partial charge >= 0.3 is 6.18 Å². The van der Waals surface area contributed by atoms with Gasteiger partial charge < -0.3 is 24.9 Å². The first kappa shape index (κ1) is 31.1. The quantitative estimate of drug-likeness (QED) is 0.383. The fourth-order valence-corrected chi connectivity index (χ4v) is 6.90. The number of carbonyl (C=O) groups is 2. The van der Waals surface area contributed by atoms with Crippen LogP contribution in [-0.4, -0.2) is 86.4 Å². The minimum absolute atomic E-state index is 0.199. The zero-order valence-electron chi connectivity index (χ0n) is 25.8. The first-order chi connectivity index (χ1) is 21.6. The fourth-order valence-electron chi connectivity index (χ4n) is 6.90. The highest BCUT2D eigenvalue weighted by Gasteiger charge is 2.45. The highest BCUT2D eigenvalue weighted by atomic mass is 19.4. The molecule has 3 aromatic carbocycles. The molecule has 3 aromatic rings. The van der Waals surface area contributed by atoms with Crippen LogP contribution in [0.3, 0.4) is 0 Å². The van der Waals surface area contributed by atoms with Crippen LogP contribution < -0.4 is 10.2 Å². The molecular formula is C35H40F3N5O2. The van der Waals surface area contributed by atoms with Gasteiger partial charge in [0.25, 0.3) is 5.91 Å². The number of anilines is 2. The summed E-state index contributed by atoms with van der Waals surface area (Å²) in [7, 11) is 4.17. The number of nitrogens with one attached hydrogen (secondary N) is 1. The van der Waals surface area contributed by atoms with E-state index < -0.39 is 23.7 Å². The Morgan fingerprint density at radius 2 is 1.51 bits per heavy atom. The second-order valence-electron chi connectivity index (χ2n) is 12.7. The third-order valence-corrected chi connectivity index (χ3v) is 9.58. The van der Waals surface area contributed by atoms with Crippen LogP contribution >= 0.6 is 0 Å². The summed E-state index contributed by atoms with van der Waals surface area (Å²) in [5.74, 6) is -1.11. The van der Waals surface area contributed by atoms with E-state index in [0.29, 0.717) is 28.9 Å². The van der Waals surface area contributed by atoms with E-state index in [-0.39, 0.29) is 17.7 Å². The van der Waals surface area contributed by atoms with Gasteiger partial charge in [0.05, 0.1) is 17.5 Å². The molecule has 10 heteroatoms. The summed E-state index contributed by atoms with van der Waals surface area (Å²) >= 11 is 0. The predicted molar refractivity (Wildman–Crippen MR) is 169 cm³/mol. The lowest BCUT2D eigenvalue weighted by molar-refractivity contribution is -0.137. The molecule has 2 amide bonds. The Kier molecular flexibility index (Phi) is 8.88. The molecule has 0 radical (unpaired) electrons. The molecule has 238 valence electrons. The van der Waals surface area contributed by atoms with Gasteiger partial charge in [-0.1, -0.05) is 36.4 Å². The standard InChI is InChI=1S/C35H40F3N5O2/c1-40-16-14-24(15-17-40)23-43-32(25-10-12-26(13-11-25)35(36,37)38)31(29-8-3-4-9-30(29)34(43)45)33(44)39-27-6-5-7-28(22-27)42-20-18-41(2)19-21-42/h3-13,22,24,31-32H,14-21,23H2,1-2H3,(H,39,44)/t31-,32+/m1/s1. The van der Waals surface area contributed by atoms with E-state index in [1.165, 1.54) is 12.1 Å². The van der Waals surface area contributed by atoms with Crippen molar-refractivity contribution in [1.29, 1.82) is 0 Å². The van der Waals surface area contributed by atoms with Crippen LogP contribution in [0.2, 0.25) is 0 Å². The third kappa shape index (κ3) is 6.72. The topological polar surface area (TPSA) is 59.1 Å². The van der Waals surface area contributed by atoms with Gasteiger partial charge in [-0.05, 0) is 93.5 Å². The third-order valence-electron chi connectivity index (χ3n) is 9.58. The van der Waals surface area contributed by atoms with Crippen molar-refractivity contribution in [3.05, 3.63) is 95.1 Å². The molecule has 0 aliphatic carbocycles. The van der Waals surface area contributed by atoms with E-state index in [1.807, 2.05) is 24.3 Å². The molecule has 7 nitrogen and oxygen atoms in total. The normalized spacial score (nSPS) is 21.9. The molecule has 0 saturated carbocycles. The molecule has 0 aromatic heterocycles. The Hall–Kier alpha value is -3.89. The Balaban J connectivity index is 1.37. The lowest BCUT2D eigenvalue weighted by atomic mass is 9.78. The van der Waals surface area contributed by atoms with Gasteiger partial charge in [-0.2, -0.15) is 13.2 Å². The average Bonchev–Trinajstić information content (AvgIpc) is 3.03. The highest BCUT2D eigenvalue weighted by molar-refractivity contribution is 6.04. The number of rotatable bonds is 6. The molecular weight excluding hydrogens is 579 g/mol. The van der Waals surface area contributed by atoms with Gasteiger partial charge in [-0.3, -0.25) is 9.59 Å². The number of piperazine rings is 1. The van der Waals surface area contributed by atoms with Gasteiger partial charge in [0.1, 0.15) is 0 Å². The molecule has 1 N–H and O–H groups in total. The molecule has 3 aliphatic heterocycles. The van der Waals surface area contributed by atoms with Crippen LogP contribution in [0.5, 0.6) is 0 Å². The van der Waals surface area contributed by atoms with E-state index in [4.69, 9.17) is 0 Å². The second kappa shape index (κ2) is 12.8. The van der Waals surface area contributed by atoms with Crippen molar-refractivity contribution < 1.29 is 22.8 Å². The zero-order valence-corrected chi connectivity index (χ0v) is 25.8. The van der Waals surface area contributed by atoms with E-state index in [2.05, 4.69) is 34.1 Å². The Labute approximate surface area is 262 Å². The van der Waals surface area contributed by atoms with Crippen molar-refractivity contribution in [3.63, 3.8) is 0 Å². The summed E-state index contributed by atoms with van der Waals surface area (Å²) in [6.07, 6.45) is -2.69. The van der Waals surface area contributed by atoms with E-state index in [0.717, 1.165) is 69.9 Å². The second-order valence-corrected chi connectivity index (χ2v) is 12.7. The number of benzene rings is 3. The van der Waals surface area contributed by atoms with Gasteiger partial charge in [0.15, 0.2) is 0 Å². The molecule has 2 saturated heterocycles. The summed E-state index contributed by atoms with van der Waals surface area (Å²) in [5, 5.41) is 3.12. The van der Waals surface area contributed by atoms with Gasteiger partial charge in [-0.25, -0.2) is 0 Å². The maximum atomic E-state index is 14.4.